The zero-order chi connectivity index (χ0) is 16.0. The zero-order valence-electron chi connectivity index (χ0n) is 13.8. The van der Waals surface area contributed by atoms with E-state index in [1.54, 1.807) is 12.1 Å². The van der Waals surface area contributed by atoms with E-state index in [2.05, 4.69) is 12.2 Å². The molecule has 0 spiro atoms. The molecule has 124 valence electrons. The molecule has 0 heterocycles. The van der Waals surface area contributed by atoms with Crippen LogP contribution in [0.5, 0.6) is 5.75 Å². The molecule has 0 atom stereocenters. The predicted molar refractivity (Wildman–Crippen MR) is 92.4 cm³/mol. The minimum atomic E-state index is -0.552. The highest BCUT2D eigenvalue weighted by Gasteiger charge is 1.98. The number of carbonyl (C=O) groups is 1. The summed E-state index contributed by atoms with van der Waals surface area (Å²) in [6.07, 6.45) is 11.8. The van der Waals surface area contributed by atoms with E-state index in [-0.39, 0.29) is 0 Å². The van der Waals surface area contributed by atoms with E-state index in [4.69, 9.17) is 10.5 Å². The van der Waals surface area contributed by atoms with Gasteiger partial charge in [0.05, 0.1) is 6.61 Å². The van der Waals surface area contributed by atoms with Crippen molar-refractivity contribution in [1.82, 2.24) is 0 Å². The van der Waals surface area contributed by atoms with Gasteiger partial charge in [-0.05, 0) is 30.7 Å². The van der Waals surface area contributed by atoms with Crippen molar-refractivity contribution in [2.24, 2.45) is 5.73 Å². The van der Waals surface area contributed by atoms with Crippen molar-refractivity contribution < 1.29 is 9.53 Å². The second kappa shape index (κ2) is 11.9. The number of nitrogens with two attached hydrogens (primary N) is 1. The predicted octanol–water partition coefficient (Wildman–Crippen LogP) is 5.09. The van der Waals surface area contributed by atoms with Gasteiger partial charge in [0.15, 0.2) is 0 Å². The molecule has 0 aliphatic carbocycles. The van der Waals surface area contributed by atoms with E-state index < -0.39 is 6.03 Å². The second-order valence-corrected chi connectivity index (χ2v) is 5.69. The van der Waals surface area contributed by atoms with Gasteiger partial charge in [0.25, 0.3) is 0 Å². The van der Waals surface area contributed by atoms with Gasteiger partial charge < -0.3 is 15.8 Å². The minimum absolute atomic E-state index is 0.552. The largest absolute Gasteiger partial charge is 0.494 e. The van der Waals surface area contributed by atoms with E-state index in [9.17, 15) is 4.79 Å². The topological polar surface area (TPSA) is 64.3 Å². The first-order valence-corrected chi connectivity index (χ1v) is 8.51. The SMILES string of the molecule is CCCCCCCCCCCOc1ccc(NC(N)=O)cc1. The molecule has 22 heavy (non-hydrogen) atoms. The Balaban J connectivity index is 1.99. The van der Waals surface area contributed by atoms with Crippen LogP contribution in [-0.4, -0.2) is 12.6 Å². The Bertz CT molecular complexity index is 404. The quantitative estimate of drug-likeness (QED) is 0.528. The summed E-state index contributed by atoms with van der Waals surface area (Å²) in [6, 6.07) is 6.72. The Labute approximate surface area is 134 Å². The number of hydrogen-bond donors (Lipinski definition) is 2. The number of hydrogen-bond acceptors (Lipinski definition) is 2. The van der Waals surface area contributed by atoms with Crippen LogP contribution in [0.15, 0.2) is 24.3 Å². The lowest BCUT2D eigenvalue weighted by Gasteiger charge is -2.07. The molecule has 0 aliphatic heterocycles. The van der Waals surface area contributed by atoms with E-state index in [0.29, 0.717) is 5.69 Å². The molecule has 1 aromatic carbocycles. The van der Waals surface area contributed by atoms with Crippen LogP contribution in [0.2, 0.25) is 0 Å². The molecule has 0 saturated carbocycles. The van der Waals surface area contributed by atoms with Gasteiger partial charge in [0.2, 0.25) is 0 Å². The number of urea groups is 1. The summed E-state index contributed by atoms with van der Waals surface area (Å²) in [5, 5.41) is 2.52. The van der Waals surface area contributed by atoms with Gasteiger partial charge in [0.1, 0.15) is 5.75 Å². The summed E-state index contributed by atoms with van der Waals surface area (Å²) in [7, 11) is 0. The number of carbonyl (C=O) groups excluding carboxylic acids is 1. The van der Waals surface area contributed by atoms with Crippen LogP contribution in [-0.2, 0) is 0 Å². The number of unbranched alkanes of at least 4 members (excludes halogenated alkanes) is 8. The number of amides is 2. The number of primary amides is 1. The van der Waals surface area contributed by atoms with Gasteiger partial charge in [-0.3, -0.25) is 0 Å². The van der Waals surface area contributed by atoms with Gasteiger partial charge in [-0.2, -0.15) is 0 Å². The maximum absolute atomic E-state index is 10.7. The molecule has 3 N–H and O–H groups in total. The average molecular weight is 306 g/mol. The number of rotatable bonds is 12. The van der Waals surface area contributed by atoms with Crippen LogP contribution in [0.3, 0.4) is 0 Å². The summed E-state index contributed by atoms with van der Waals surface area (Å²) in [6.45, 7) is 3.00. The third kappa shape index (κ3) is 9.27. The highest BCUT2D eigenvalue weighted by Crippen LogP contribution is 2.16. The summed E-state index contributed by atoms with van der Waals surface area (Å²) in [5.41, 5.74) is 5.74. The van der Waals surface area contributed by atoms with Crippen molar-refractivity contribution in [2.45, 2.75) is 64.7 Å². The highest BCUT2D eigenvalue weighted by molar-refractivity contribution is 5.87. The lowest BCUT2D eigenvalue weighted by Crippen LogP contribution is -2.19. The van der Waals surface area contributed by atoms with Gasteiger partial charge in [-0.1, -0.05) is 58.3 Å². The maximum atomic E-state index is 10.7. The number of nitrogens with one attached hydrogen (secondary N) is 1. The maximum Gasteiger partial charge on any atom is 0.316 e. The fourth-order valence-corrected chi connectivity index (χ4v) is 2.38. The monoisotopic (exact) mass is 306 g/mol. The molecular formula is C18H30N2O2. The molecule has 1 aromatic rings. The van der Waals surface area contributed by atoms with Crippen molar-refractivity contribution in [2.75, 3.05) is 11.9 Å². The standard InChI is InChI=1S/C18H30N2O2/c1-2-3-4-5-6-7-8-9-10-15-22-17-13-11-16(12-14-17)20-18(19)21/h11-14H,2-10,15H2,1H3,(H3,19,20,21). The van der Waals surface area contributed by atoms with E-state index in [0.717, 1.165) is 18.8 Å². The second-order valence-electron chi connectivity index (χ2n) is 5.69. The number of benzene rings is 1. The Morgan fingerprint density at radius 2 is 1.50 bits per heavy atom. The van der Waals surface area contributed by atoms with Crippen LogP contribution in [0.25, 0.3) is 0 Å². The van der Waals surface area contributed by atoms with E-state index in [1.165, 1.54) is 51.4 Å². The highest BCUT2D eigenvalue weighted by atomic mass is 16.5. The lowest BCUT2D eigenvalue weighted by atomic mass is 10.1. The molecule has 0 unspecified atom stereocenters. The first-order valence-electron chi connectivity index (χ1n) is 8.51. The van der Waals surface area contributed by atoms with Crippen LogP contribution in [0, 0.1) is 0 Å². The summed E-state index contributed by atoms with van der Waals surface area (Å²) in [4.78, 5) is 10.7. The smallest absolute Gasteiger partial charge is 0.316 e. The molecule has 1 rings (SSSR count). The fraction of sp³-hybridized carbons (Fsp3) is 0.611. The van der Waals surface area contributed by atoms with Crippen LogP contribution >= 0.6 is 0 Å². The van der Waals surface area contributed by atoms with Crippen molar-refractivity contribution in [3.63, 3.8) is 0 Å². The van der Waals surface area contributed by atoms with Crippen molar-refractivity contribution in [3.8, 4) is 5.75 Å². The molecule has 0 fully saturated rings. The zero-order valence-corrected chi connectivity index (χ0v) is 13.8. The van der Waals surface area contributed by atoms with Crippen molar-refractivity contribution in [3.05, 3.63) is 24.3 Å². The van der Waals surface area contributed by atoms with Crippen LogP contribution in [0.1, 0.15) is 64.7 Å². The van der Waals surface area contributed by atoms with E-state index >= 15 is 0 Å². The third-order valence-corrected chi connectivity index (χ3v) is 3.64. The van der Waals surface area contributed by atoms with Crippen molar-refractivity contribution >= 4 is 11.7 Å². The molecule has 0 radical (unpaired) electrons. The fourth-order valence-electron chi connectivity index (χ4n) is 2.38. The van der Waals surface area contributed by atoms with E-state index in [1.807, 2.05) is 12.1 Å². The first-order chi connectivity index (χ1) is 10.7. The molecule has 0 aromatic heterocycles. The third-order valence-electron chi connectivity index (χ3n) is 3.64. The lowest BCUT2D eigenvalue weighted by molar-refractivity contribution is 0.259. The van der Waals surface area contributed by atoms with Gasteiger partial charge in [0, 0.05) is 5.69 Å². The van der Waals surface area contributed by atoms with Crippen molar-refractivity contribution in [1.29, 1.82) is 0 Å². The van der Waals surface area contributed by atoms with Gasteiger partial charge in [-0.25, -0.2) is 4.79 Å². The molecule has 4 nitrogen and oxygen atoms in total. The first kappa shape index (κ1) is 18.3. The van der Waals surface area contributed by atoms with Crippen LogP contribution in [0.4, 0.5) is 10.5 Å². The average Bonchev–Trinajstić information content (AvgIpc) is 2.50. The minimum Gasteiger partial charge on any atom is -0.494 e. The normalized spacial score (nSPS) is 10.4. The molecular weight excluding hydrogens is 276 g/mol. The Morgan fingerprint density at radius 3 is 2.05 bits per heavy atom. The summed E-state index contributed by atoms with van der Waals surface area (Å²) < 4.78 is 5.68. The molecule has 0 aliphatic rings. The number of anilines is 1. The Morgan fingerprint density at radius 1 is 0.955 bits per heavy atom. The Hall–Kier alpha value is -1.71. The summed E-state index contributed by atoms with van der Waals surface area (Å²) in [5.74, 6) is 0.828. The molecule has 4 heteroatoms. The molecule has 0 saturated heterocycles. The Kier molecular flexibility index (Phi) is 9.92. The molecule has 0 bridgehead atoms. The van der Waals surface area contributed by atoms with Gasteiger partial charge >= 0.3 is 6.03 Å². The van der Waals surface area contributed by atoms with Gasteiger partial charge in [-0.15, -0.1) is 0 Å². The molecule has 2 amide bonds. The number of ether oxygens (including phenoxy) is 1. The van der Waals surface area contributed by atoms with Crippen LogP contribution < -0.4 is 15.8 Å². The summed E-state index contributed by atoms with van der Waals surface area (Å²) >= 11 is 0.